The van der Waals surface area contributed by atoms with Gasteiger partial charge in [-0.25, -0.2) is 19.2 Å². The molecule has 8 heteroatoms. The van der Waals surface area contributed by atoms with Crippen molar-refractivity contribution >= 4 is 67.0 Å². The van der Waals surface area contributed by atoms with E-state index in [0.29, 0.717) is 35.6 Å². The lowest BCUT2D eigenvalue weighted by atomic mass is 9.75. The van der Waals surface area contributed by atoms with Crippen molar-refractivity contribution in [1.29, 1.82) is 0 Å². The molecule has 8 nitrogen and oxygen atoms in total. The summed E-state index contributed by atoms with van der Waals surface area (Å²) in [5, 5.41) is 47.8. The van der Waals surface area contributed by atoms with Gasteiger partial charge in [0.2, 0.25) is 0 Å². The molecule has 0 saturated heterocycles. The van der Waals surface area contributed by atoms with E-state index in [1.54, 1.807) is 6.07 Å². The van der Waals surface area contributed by atoms with Crippen molar-refractivity contribution in [3.63, 3.8) is 0 Å². The van der Waals surface area contributed by atoms with Gasteiger partial charge in [-0.2, -0.15) is 0 Å². The highest BCUT2D eigenvalue weighted by Crippen LogP contribution is 2.50. The molecule has 0 aliphatic rings. The van der Waals surface area contributed by atoms with Gasteiger partial charge >= 0.3 is 23.9 Å². The van der Waals surface area contributed by atoms with E-state index in [9.17, 15) is 39.6 Å². The van der Waals surface area contributed by atoms with E-state index >= 15 is 0 Å². The third kappa shape index (κ3) is 8.35. The quantitative estimate of drug-likeness (QED) is 0.0275. The predicted octanol–water partition coefficient (Wildman–Crippen LogP) is 13.0. The molecular formula is C48H60O8. The van der Waals surface area contributed by atoms with Gasteiger partial charge in [0.25, 0.3) is 0 Å². The zero-order chi connectivity index (χ0) is 40.5. The van der Waals surface area contributed by atoms with Gasteiger partial charge in [-0.3, -0.25) is 0 Å². The Hall–Kier alpha value is -4.72. The van der Waals surface area contributed by atoms with Gasteiger partial charge in [-0.15, -0.1) is 0 Å². The topological polar surface area (TPSA) is 149 Å². The zero-order valence-electron chi connectivity index (χ0n) is 33.9. The fraction of sp³-hybridized carbons (Fsp3) is 0.500. The first-order valence-electron chi connectivity index (χ1n) is 21.3. The Morgan fingerprint density at radius 1 is 0.411 bits per heavy atom. The maximum Gasteiger partial charge on any atom is 0.337 e. The monoisotopic (exact) mass is 764 g/mol. The number of unbranched alkanes of at least 4 members (excludes halogenated alkanes) is 12. The van der Waals surface area contributed by atoms with Crippen molar-refractivity contribution < 1.29 is 39.6 Å². The fourth-order valence-corrected chi connectivity index (χ4v) is 9.30. The van der Waals surface area contributed by atoms with Crippen LogP contribution in [0.15, 0.2) is 24.3 Å². The summed E-state index contributed by atoms with van der Waals surface area (Å²) in [6, 6.07) is 7.89. The van der Waals surface area contributed by atoms with Crippen molar-refractivity contribution in [2.75, 3.05) is 0 Å². The normalized spacial score (nSPS) is 11.8. The van der Waals surface area contributed by atoms with Crippen LogP contribution in [-0.4, -0.2) is 44.3 Å². The molecule has 0 radical (unpaired) electrons. The molecule has 0 bridgehead atoms. The minimum Gasteiger partial charge on any atom is -0.478 e. The first-order valence-corrected chi connectivity index (χ1v) is 21.3. The maximum absolute atomic E-state index is 13.7. The van der Waals surface area contributed by atoms with Gasteiger partial charge < -0.3 is 20.4 Å². The molecule has 0 fully saturated rings. The minimum absolute atomic E-state index is 0.102. The predicted molar refractivity (Wildman–Crippen MR) is 227 cm³/mol. The van der Waals surface area contributed by atoms with Gasteiger partial charge in [0.1, 0.15) is 0 Å². The molecule has 5 aromatic carbocycles. The van der Waals surface area contributed by atoms with E-state index in [-0.39, 0.29) is 21.7 Å². The third-order valence-electron chi connectivity index (χ3n) is 11.8. The Kier molecular flexibility index (Phi) is 14.7. The van der Waals surface area contributed by atoms with E-state index in [2.05, 4.69) is 33.8 Å². The number of hydrogen-bond acceptors (Lipinski definition) is 4. The lowest BCUT2D eigenvalue weighted by Crippen LogP contribution is -2.20. The molecule has 5 rings (SSSR count). The Balaban J connectivity index is 2.17. The van der Waals surface area contributed by atoms with Crippen LogP contribution in [0.5, 0.6) is 0 Å². The average Bonchev–Trinajstić information content (AvgIpc) is 3.16. The van der Waals surface area contributed by atoms with E-state index in [1.165, 1.54) is 5.56 Å². The number of carbonyl (C=O) groups is 4. The number of rotatable bonds is 24. The van der Waals surface area contributed by atoms with Crippen molar-refractivity contribution in [3.8, 4) is 0 Å². The molecule has 0 aliphatic carbocycles. The van der Waals surface area contributed by atoms with Crippen LogP contribution in [-0.2, 0) is 25.7 Å². The summed E-state index contributed by atoms with van der Waals surface area (Å²) in [4.78, 5) is 53.8. The van der Waals surface area contributed by atoms with E-state index in [4.69, 9.17) is 0 Å². The summed E-state index contributed by atoms with van der Waals surface area (Å²) in [5.41, 5.74) is 1.30. The smallest absolute Gasteiger partial charge is 0.337 e. The second-order valence-corrected chi connectivity index (χ2v) is 15.7. The first-order chi connectivity index (χ1) is 27.0. The highest BCUT2D eigenvalue weighted by Gasteiger charge is 2.37. The second kappa shape index (κ2) is 19.4. The van der Waals surface area contributed by atoms with Crippen LogP contribution in [0, 0.1) is 0 Å². The number of benzene rings is 5. The first kappa shape index (κ1) is 42.4. The van der Waals surface area contributed by atoms with Crippen LogP contribution in [0.1, 0.15) is 194 Å². The minimum atomic E-state index is -1.72. The van der Waals surface area contributed by atoms with Crippen LogP contribution < -0.4 is 0 Å². The molecule has 56 heavy (non-hydrogen) atoms. The highest BCUT2D eigenvalue weighted by molar-refractivity contribution is 6.41. The van der Waals surface area contributed by atoms with Crippen LogP contribution in [0.3, 0.4) is 0 Å². The van der Waals surface area contributed by atoms with Crippen LogP contribution in [0.2, 0.25) is 0 Å². The van der Waals surface area contributed by atoms with Crippen LogP contribution >= 0.6 is 0 Å². The van der Waals surface area contributed by atoms with Crippen molar-refractivity contribution in [3.05, 3.63) is 68.8 Å². The molecule has 0 saturated carbocycles. The summed E-state index contributed by atoms with van der Waals surface area (Å²) >= 11 is 0. The summed E-state index contributed by atoms with van der Waals surface area (Å²) < 4.78 is 0. The van der Waals surface area contributed by atoms with Gasteiger partial charge in [-0.1, -0.05) is 129 Å². The molecule has 0 spiro atoms. The third-order valence-corrected chi connectivity index (χ3v) is 11.8. The summed E-state index contributed by atoms with van der Waals surface area (Å²) in [5.74, 6) is -6.28. The summed E-state index contributed by atoms with van der Waals surface area (Å²) in [6.07, 6.45) is 18.2. The zero-order valence-corrected chi connectivity index (χ0v) is 33.9. The van der Waals surface area contributed by atoms with E-state index in [1.807, 2.05) is 12.1 Å². The van der Waals surface area contributed by atoms with Crippen molar-refractivity contribution in [2.24, 2.45) is 0 Å². The van der Waals surface area contributed by atoms with E-state index in [0.717, 1.165) is 136 Å². The number of hydrogen-bond donors (Lipinski definition) is 4. The largest absolute Gasteiger partial charge is 0.478 e. The molecule has 4 N–H and O–H groups in total. The number of carboxylic acids is 4. The number of aromatic carboxylic acids is 4. The van der Waals surface area contributed by atoms with Gasteiger partial charge in [0.15, 0.2) is 0 Å². The summed E-state index contributed by atoms with van der Waals surface area (Å²) in [6.45, 7) is 8.62. The van der Waals surface area contributed by atoms with E-state index < -0.39 is 40.6 Å². The average molecular weight is 765 g/mol. The number of carboxylic acid groups (broad SMARTS) is 4. The van der Waals surface area contributed by atoms with Crippen molar-refractivity contribution in [2.45, 2.75) is 156 Å². The lowest BCUT2D eigenvalue weighted by molar-refractivity contribution is 0.0635. The maximum atomic E-state index is 13.7. The fourth-order valence-electron chi connectivity index (χ4n) is 9.30. The molecule has 0 atom stereocenters. The highest BCUT2D eigenvalue weighted by atomic mass is 16.4. The Labute approximate surface area is 330 Å². The van der Waals surface area contributed by atoms with Crippen LogP contribution in [0.25, 0.3) is 43.1 Å². The molecule has 0 heterocycles. The number of fused-ring (bicyclic) bond motifs is 2. The second-order valence-electron chi connectivity index (χ2n) is 15.7. The Morgan fingerprint density at radius 2 is 0.857 bits per heavy atom. The standard InChI is InChI=1S/C48H60O8/c1-5-9-13-17-22-29-28-30-23-21-27-34-35(30)36(31(29)24-18-14-10-6-2)37-32(25-19-15-11-7-3)33(26-20-16-12-8-4)39(45(49)50)41-40(37)38(34)42(46(51)52)44(48(55)56)43(41)47(53)54/h21,23,27-28H,5-20,22,24-26H2,1-4H3,(H,49,50)(H,51,52)(H,53,54)(H,55,56). The van der Waals surface area contributed by atoms with Gasteiger partial charge in [0.05, 0.1) is 22.3 Å². The number of aryl methyl sites for hydroxylation is 3. The summed E-state index contributed by atoms with van der Waals surface area (Å²) in [7, 11) is 0. The molecule has 300 valence electrons. The van der Waals surface area contributed by atoms with Gasteiger partial charge in [-0.05, 0) is 101 Å². The Morgan fingerprint density at radius 3 is 1.36 bits per heavy atom. The van der Waals surface area contributed by atoms with Crippen molar-refractivity contribution in [1.82, 2.24) is 0 Å². The lowest BCUT2D eigenvalue weighted by Gasteiger charge is -2.27. The molecular weight excluding hydrogens is 705 g/mol. The molecule has 5 aromatic rings. The molecule has 0 aromatic heterocycles. The molecule has 0 unspecified atom stereocenters. The molecule has 0 aliphatic heterocycles. The molecule has 0 amide bonds. The Bertz CT molecular complexity index is 2230. The van der Waals surface area contributed by atoms with Gasteiger partial charge in [0, 0.05) is 16.2 Å². The SMILES string of the molecule is CCCCCCc1cc2cccc3c4c(C(=O)O)c(C(=O)O)c(C(=O)O)c5c(C(=O)O)c(CCCCCC)c(CCCCCC)c(c(c1CCCCCC)c23)c54. The van der Waals surface area contributed by atoms with Crippen LogP contribution in [0.4, 0.5) is 0 Å².